The molecule has 0 saturated carbocycles. The van der Waals surface area contributed by atoms with Crippen LogP contribution in [0.1, 0.15) is 69.7 Å². The number of esters is 1. The number of unbranched alkanes of at least 4 members (excludes halogenated alkanes) is 3. The summed E-state index contributed by atoms with van der Waals surface area (Å²) in [5, 5.41) is 9.28. The number of phenols is 1. The monoisotopic (exact) mass is 322 g/mol. The van der Waals surface area contributed by atoms with Gasteiger partial charge in [-0.2, -0.15) is 0 Å². The second-order valence-electron chi connectivity index (χ2n) is 5.78. The Bertz CT molecular complexity index is 441. The largest absolute Gasteiger partial charge is 0.508 e. The quantitative estimate of drug-likeness (QED) is 0.474. The van der Waals surface area contributed by atoms with Gasteiger partial charge in [0.1, 0.15) is 11.9 Å². The summed E-state index contributed by atoms with van der Waals surface area (Å²) in [5.41, 5.74) is 0.444. The van der Waals surface area contributed by atoms with Gasteiger partial charge in [0.25, 0.3) is 0 Å². The molecule has 23 heavy (non-hydrogen) atoms. The van der Waals surface area contributed by atoms with Crippen LogP contribution in [-0.2, 0) is 9.47 Å². The van der Waals surface area contributed by atoms with Gasteiger partial charge in [-0.05, 0) is 43.5 Å². The summed E-state index contributed by atoms with van der Waals surface area (Å²) in [7, 11) is 0. The third-order valence-electron chi connectivity index (χ3n) is 3.91. The standard InChI is InChI=1S/C19H30O4/c1-4-7-8-9-14-22-17(5-2)18(6-3)23-19(21)15-10-12-16(20)13-11-15/h10-13,17-18,20H,4-9,14H2,1-3H3. The van der Waals surface area contributed by atoms with E-state index in [9.17, 15) is 9.90 Å². The SMILES string of the molecule is CCCCCCOC(CC)C(CC)OC(=O)c1ccc(O)cc1. The van der Waals surface area contributed by atoms with E-state index in [1.807, 2.05) is 13.8 Å². The molecular formula is C19H30O4. The van der Waals surface area contributed by atoms with E-state index >= 15 is 0 Å². The minimum atomic E-state index is -0.370. The molecule has 0 fully saturated rings. The Morgan fingerprint density at radius 1 is 1.00 bits per heavy atom. The number of ether oxygens (including phenoxy) is 2. The molecule has 0 aliphatic carbocycles. The third-order valence-corrected chi connectivity index (χ3v) is 3.91. The number of carbonyl (C=O) groups is 1. The van der Waals surface area contributed by atoms with Crippen molar-refractivity contribution in [3.05, 3.63) is 29.8 Å². The molecule has 0 saturated heterocycles. The van der Waals surface area contributed by atoms with Crippen LogP contribution >= 0.6 is 0 Å². The molecule has 1 aromatic rings. The number of aromatic hydroxyl groups is 1. The Balaban J connectivity index is 2.51. The predicted octanol–water partition coefficient (Wildman–Crippen LogP) is 4.70. The Morgan fingerprint density at radius 2 is 1.65 bits per heavy atom. The maximum absolute atomic E-state index is 12.2. The summed E-state index contributed by atoms with van der Waals surface area (Å²) in [5.74, 6) is -0.236. The van der Waals surface area contributed by atoms with Gasteiger partial charge < -0.3 is 14.6 Å². The fraction of sp³-hybridized carbons (Fsp3) is 0.632. The van der Waals surface area contributed by atoms with Crippen molar-refractivity contribution in [2.24, 2.45) is 0 Å². The van der Waals surface area contributed by atoms with E-state index < -0.39 is 0 Å². The number of carbonyl (C=O) groups excluding carboxylic acids is 1. The van der Waals surface area contributed by atoms with Crippen LogP contribution in [0.25, 0.3) is 0 Å². The molecule has 0 amide bonds. The first-order valence-electron chi connectivity index (χ1n) is 8.73. The fourth-order valence-corrected chi connectivity index (χ4v) is 2.48. The summed E-state index contributed by atoms with van der Waals surface area (Å²) in [6.07, 6.45) is 5.89. The first-order valence-corrected chi connectivity index (χ1v) is 8.73. The maximum atomic E-state index is 12.2. The van der Waals surface area contributed by atoms with Gasteiger partial charge in [-0.15, -0.1) is 0 Å². The lowest BCUT2D eigenvalue weighted by Crippen LogP contribution is -2.33. The highest BCUT2D eigenvalue weighted by Crippen LogP contribution is 2.17. The molecule has 0 aromatic heterocycles. The van der Waals surface area contributed by atoms with Gasteiger partial charge >= 0.3 is 5.97 Å². The van der Waals surface area contributed by atoms with Crippen molar-refractivity contribution in [1.82, 2.24) is 0 Å². The minimum absolute atomic E-state index is 0.0670. The Hall–Kier alpha value is -1.55. The van der Waals surface area contributed by atoms with Crippen molar-refractivity contribution in [3.8, 4) is 5.75 Å². The summed E-state index contributed by atoms with van der Waals surface area (Å²) < 4.78 is 11.5. The molecule has 1 N–H and O–H groups in total. The smallest absolute Gasteiger partial charge is 0.338 e. The number of rotatable bonds is 11. The van der Waals surface area contributed by atoms with Gasteiger partial charge in [0.2, 0.25) is 0 Å². The van der Waals surface area contributed by atoms with Crippen LogP contribution in [0.15, 0.2) is 24.3 Å². The van der Waals surface area contributed by atoms with Crippen molar-refractivity contribution < 1.29 is 19.4 Å². The molecule has 0 aliphatic heterocycles. The zero-order valence-electron chi connectivity index (χ0n) is 14.6. The lowest BCUT2D eigenvalue weighted by molar-refractivity contribution is -0.0562. The van der Waals surface area contributed by atoms with Gasteiger partial charge in [0, 0.05) is 6.61 Å². The first kappa shape index (κ1) is 19.5. The van der Waals surface area contributed by atoms with Gasteiger partial charge in [0.15, 0.2) is 0 Å². The van der Waals surface area contributed by atoms with E-state index in [1.165, 1.54) is 31.4 Å². The summed E-state index contributed by atoms with van der Waals surface area (Å²) in [4.78, 5) is 12.2. The number of hydrogen-bond donors (Lipinski definition) is 1. The van der Waals surface area contributed by atoms with Crippen molar-refractivity contribution in [2.45, 2.75) is 71.5 Å². The molecule has 4 nitrogen and oxygen atoms in total. The summed E-state index contributed by atoms with van der Waals surface area (Å²) >= 11 is 0. The highest BCUT2D eigenvalue weighted by molar-refractivity contribution is 5.89. The number of hydrogen-bond acceptors (Lipinski definition) is 4. The van der Waals surface area contributed by atoms with Crippen LogP contribution < -0.4 is 0 Å². The van der Waals surface area contributed by atoms with Crippen molar-refractivity contribution >= 4 is 5.97 Å². The molecule has 1 rings (SSSR count). The molecule has 0 bridgehead atoms. The van der Waals surface area contributed by atoms with Crippen LogP contribution in [0.5, 0.6) is 5.75 Å². The molecule has 2 unspecified atom stereocenters. The Morgan fingerprint density at radius 3 is 2.22 bits per heavy atom. The Kier molecular flexibility index (Phi) is 9.37. The maximum Gasteiger partial charge on any atom is 0.338 e. The van der Waals surface area contributed by atoms with E-state index in [1.54, 1.807) is 12.1 Å². The van der Waals surface area contributed by atoms with Crippen LogP contribution in [-0.4, -0.2) is 29.9 Å². The highest BCUT2D eigenvalue weighted by atomic mass is 16.6. The van der Waals surface area contributed by atoms with Crippen LogP contribution in [0, 0.1) is 0 Å². The minimum Gasteiger partial charge on any atom is -0.508 e. The normalized spacial score (nSPS) is 13.5. The third kappa shape index (κ3) is 7.04. The Labute approximate surface area is 139 Å². The van der Waals surface area contributed by atoms with Crippen LogP contribution in [0.3, 0.4) is 0 Å². The lowest BCUT2D eigenvalue weighted by atomic mass is 10.1. The average Bonchev–Trinajstić information content (AvgIpc) is 2.57. The molecule has 4 heteroatoms. The number of benzene rings is 1. The van der Waals surface area contributed by atoms with Gasteiger partial charge in [-0.3, -0.25) is 0 Å². The molecule has 0 spiro atoms. The zero-order valence-corrected chi connectivity index (χ0v) is 14.6. The highest BCUT2D eigenvalue weighted by Gasteiger charge is 2.23. The topological polar surface area (TPSA) is 55.8 Å². The molecule has 2 atom stereocenters. The average molecular weight is 322 g/mol. The van der Waals surface area contributed by atoms with Crippen molar-refractivity contribution in [3.63, 3.8) is 0 Å². The fourth-order valence-electron chi connectivity index (χ4n) is 2.48. The van der Waals surface area contributed by atoms with Crippen LogP contribution in [0.2, 0.25) is 0 Å². The predicted molar refractivity (Wildman–Crippen MR) is 91.8 cm³/mol. The van der Waals surface area contributed by atoms with Gasteiger partial charge in [-0.25, -0.2) is 4.79 Å². The van der Waals surface area contributed by atoms with E-state index in [4.69, 9.17) is 9.47 Å². The number of phenolic OH excluding ortho intramolecular Hbond substituents is 1. The summed E-state index contributed by atoms with van der Waals surface area (Å²) in [6, 6.07) is 6.10. The molecule has 0 aliphatic rings. The summed E-state index contributed by atoms with van der Waals surface area (Å²) in [6.45, 7) is 6.95. The van der Waals surface area contributed by atoms with Gasteiger partial charge in [-0.1, -0.05) is 40.0 Å². The van der Waals surface area contributed by atoms with E-state index in [2.05, 4.69) is 6.92 Å². The lowest BCUT2D eigenvalue weighted by Gasteiger charge is -2.25. The molecule has 0 heterocycles. The van der Waals surface area contributed by atoms with Gasteiger partial charge in [0.05, 0.1) is 11.7 Å². The zero-order chi connectivity index (χ0) is 17.1. The van der Waals surface area contributed by atoms with E-state index in [-0.39, 0.29) is 23.9 Å². The second-order valence-corrected chi connectivity index (χ2v) is 5.78. The second kappa shape index (κ2) is 11.1. The van der Waals surface area contributed by atoms with E-state index in [0.29, 0.717) is 12.2 Å². The molecular weight excluding hydrogens is 292 g/mol. The first-order chi connectivity index (χ1) is 11.1. The van der Waals surface area contributed by atoms with E-state index in [0.717, 1.165) is 19.3 Å². The molecule has 130 valence electrons. The van der Waals surface area contributed by atoms with Crippen molar-refractivity contribution in [1.29, 1.82) is 0 Å². The van der Waals surface area contributed by atoms with Crippen molar-refractivity contribution in [2.75, 3.05) is 6.61 Å². The van der Waals surface area contributed by atoms with Crippen LogP contribution in [0.4, 0.5) is 0 Å². The molecule has 1 aromatic carbocycles. The molecule has 0 radical (unpaired) electrons.